The van der Waals surface area contributed by atoms with Crippen molar-refractivity contribution in [3.05, 3.63) is 42.0 Å². The van der Waals surface area contributed by atoms with E-state index < -0.39 is 0 Å². The number of morpholine rings is 1. The van der Waals surface area contributed by atoms with Gasteiger partial charge in [-0.15, -0.1) is 0 Å². The number of methoxy groups -OCH3 is 1. The number of ether oxygens (including phenoxy) is 2. The Hall–Kier alpha value is -1.92. The molecular weight excluding hydrogens is 280 g/mol. The van der Waals surface area contributed by atoms with Gasteiger partial charge in [-0.3, -0.25) is 14.6 Å². The van der Waals surface area contributed by atoms with E-state index in [9.17, 15) is 0 Å². The highest BCUT2D eigenvalue weighted by molar-refractivity contribution is 5.22. The van der Waals surface area contributed by atoms with E-state index in [1.807, 2.05) is 23.0 Å². The van der Waals surface area contributed by atoms with Gasteiger partial charge in [0.15, 0.2) is 0 Å². The summed E-state index contributed by atoms with van der Waals surface area (Å²) in [5.41, 5.74) is 2.16. The molecule has 1 aliphatic rings. The van der Waals surface area contributed by atoms with Crippen LogP contribution in [0.2, 0.25) is 0 Å². The Balaban J connectivity index is 1.65. The lowest BCUT2D eigenvalue weighted by molar-refractivity contribution is -0.0333. The van der Waals surface area contributed by atoms with E-state index in [1.165, 1.54) is 0 Å². The van der Waals surface area contributed by atoms with Crippen molar-refractivity contribution in [1.82, 2.24) is 19.7 Å². The SMILES string of the molecule is CCn1cc([C@H]2CN(Cc3cc(OC)ccn3)CCO2)cn1. The number of aryl methyl sites for hydroxylation is 1. The maximum Gasteiger partial charge on any atom is 0.122 e. The first-order chi connectivity index (χ1) is 10.8. The number of pyridine rings is 1. The molecule has 22 heavy (non-hydrogen) atoms. The molecule has 6 heteroatoms. The van der Waals surface area contributed by atoms with E-state index in [2.05, 4.69) is 28.1 Å². The van der Waals surface area contributed by atoms with Crippen molar-refractivity contribution in [3.8, 4) is 5.75 Å². The second-order valence-electron chi connectivity index (χ2n) is 5.41. The normalized spacial score (nSPS) is 19.3. The molecule has 2 aromatic heterocycles. The van der Waals surface area contributed by atoms with Gasteiger partial charge in [0.1, 0.15) is 5.75 Å². The van der Waals surface area contributed by atoms with Gasteiger partial charge in [-0.2, -0.15) is 5.10 Å². The molecule has 1 atom stereocenters. The standard InChI is InChI=1S/C16H22N4O2/c1-3-20-10-13(9-18-20)16-12-19(6-7-22-16)11-14-8-15(21-2)4-5-17-14/h4-5,8-10,16H,3,6-7,11-12H2,1-2H3/t16-/m1/s1. The average Bonchev–Trinajstić information content (AvgIpc) is 3.04. The minimum absolute atomic E-state index is 0.0830. The third-order valence-corrected chi connectivity index (χ3v) is 3.91. The van der Waals surface area contributed by atoms with Gasteiger partial charge >= 0.3 is 0 Å². The minimum Gasteiger partial charge on any atom is -0.497 e. The zero-order chi connectivity index (χ0) is 15.4. The van der Waals surface area contributed by atoms with E-state index in [0.717, 1.165) is 49.8 Å². The Kier molecular flexibility index (Phi) is 4.70. The lowest BCUT2D eigenvalue weighted by atomic mass is 10.1. The van der Waals surface area contributed by atoms with Crippen LogP contribution < -0.4 is 4.74 Å². The van der Waals surface area contributed by atoms with Crippen LogP contribution in [0.15, 0.2) is 30.7 Å². The van der Waals surface area contributed by atoms with Crippen LogP contribution in [0.5, 0.6) is 5.75 Å². The molecule has 1 fully saturated rings. The molecule has 0 amide bonds. The first kappa shape index (κ1) is 15.0. The molecular formula is C16H22N4O2. The van der Waals surface area contributed by atoms with Crippen molar-refractivity contribution in [3.63, 3.8) is 0 Å². The van der Waals surface area contributed by atoms with Crippen LogP contribution in [0.3, 0.4) is 0 Å². The van der Waals surface area contributed by atoms with E-state index in [1.54, 1.807) is 13.3 Å². The van der Waals surface area contributed by atoms with Gasteiger partial charge in [0, 0.05) is 50.2 Å². The number of hydrogen-bond acceptors (Lipinski definition) is 5. The highest BCUT2D eigenvalue weighted by Gasteiger charge is 2.23. The van der Waals surface area contributed by atoms with Crippen molar-refractivity contribution >= 4 is 0 Å². The van der Waals surface area contributed by atoms with Gasteiger partial charge in [0.05, 0.1) is 31.7 Å². The van der Waals surface area contributed by atoms with Gasteiger partial charge in [0.2, 0.25) is 0 Å². The third kappa shape index (κ3) is 3.45. The molecule has 1 aliphatic heterocycles. The molecule has 3 heterocycles. The molecule has 0 bridgehead atoms. The summed E-state index contributed by atoms with van der Waals surface area (Å²) in [6.07, 6.45) is 5.84. The molecule has 0 N–H and O–H groups in total. The van der Waals surface area contributed by atoms with Gasteiger partial charge in [-0.25, -0.2) is 0 Å². The summed E-state index contributed by atoms with van der Waals surface area (Å²) in [7, 11) is 1.68. The molecule has 118 valence electrons. The lowest BCUT2D eigenvalue weighted by Gasteiger charge is -2.32. The summed E-state index contributed by atoms with van der Waals surface area (Å²) < 4.78 is 13.1. The molecule has 2 aromatic rings. The van der Waals surface area contributed by atoms with Crippen molar-refractivity contribution in [1.29, 1.82) is 0 Å². The van der Waals surface area contributed by atoms with Crippen LogP contribution in [-0.2, 0) is 17.8 Å². The Morgan fingerprint density at radius 3 is 3.14 bits per heavy atom. The topological polar surface area (TPSA) is 52.4 Å². The fraction of sp³-hybridized carbons (Fsp3) is 0.500. The van der Waals surface area contributed by atoms with Crippen molar-refractivity contribution in [2.24, 2.45) is 0 Å². The highest BCUT2D eigenvalue weighted by atomic mass is 16.5. The fourth-order valence-electron chi connectivity index (χ4n) is 2.67. The summed E-state index contributed by atoms with van der Waals surface area (Å²) in [5.74, 6) is 0.846. The first-order valence-corrected chi connectivity index (χ1v) is 7.63. The average molecular weight is 302 g/mol. The molecule has 0 saturated carbocycles. The summed E-state index contributed by atoms with van der Waals surface area (Å²) in [6.45, 7) is 6.26. The van der Waals surface area contributed by atoms with E-state index in [-0.39, 0.29) is 6.10 Å². The third-order valence-electron chi connectivity index (χ3n) is 3.91. The van der Waals surface area contributed by atoms with Crippen molar-refractivity contribution in [2.75, 3.05) is 26.8 Å². The quantitative estimate of drug-likeness (QED) is 0.844. The second-order valence-corrected chi connectivity index (χ2v) is 5.41. The molecule has 6 nitrogen and oxygen atoms in total. The van der Waals surface area contributed by atoms with Crippen LogP contribution >= 0.6 is 0 Å². The van der Waals surface area contributed by atoms with Crippen LogP contribution in [0.25, 0.3) is 0 Å². The number of rotatable bonds is 5. The van der Waals surface area contributed by atoms with Crippen LogP contribution in [-0.4, -0.2) is 46.5 Å². The molecule has 3 rings (SSSR count). The van der Waals surface area contributed by atoms with Gasteiger partial charge in [0.25, 0.3) is 0 Å². The van der Waals surface area contributed by atoms with Gasteiger partial charge < -0.3 is 9.47 Å². The van der Waals surface area contributed by atoms with Crippen LogP contribution in [0.4, 0.5) is 0 Å². The maximum absolute atomic E-state index is 5.89. The molecule has 1 saturated heterocycles. The Morgan fingerprint density at radius 1 is 1.45 bits per heavy atom. The van der Waals surface area contributed by atoms with Crippen molar-refractivity contribution in [2.45, 2.75) is 26.1 Å². The number of nitrogens with zero attached hydrogens (tertiary/aromatic N) is 4. The molecule has 0 unspecified atom stereocenters. The smallest absolute Gasteiger partial charge is 0.122 e. The number of hydrogen-bond donors (Lipinski definition) is 0. The Labute approximate surface area is 130 Å². The Bertz CT molecular complexity index is 614. The zero-order valence-corrected chi connectivity index (χ0v) is 13.1. The monoisotopic (exact) mass is 302 g/mol. The van der Waals surface area contributed by atoms with Gasteiger partial charge in [-0.05, 0) is 13.0 Å². The first-order valence-electron chi connectivity index (χ1n) is 7.63. The van der Waals surface area contributed by atoms with Crippen molar-refractivity contribution < 1.29 is 9.47 Å². The predicted octanol–water partition coefficient (Wildman–Crippen LogP) is 1.88. The maximum atomic E-state index is 5.89. The van der Waals surface area contributed by atoms with E-state index >= 15 is 0 Å². The summed E-state index contributed by atoms with van der Waals surface area (Å²) in [5, 5.41) is 4.33. The largest absolute Gasteiger partial charge is 0.497 e. The summed E-state index contributed by atoms with van der Waals surface area (Å²) in [6, 6.07) is 3.85. The summed E-state index contributed by atoms with van der Waals surface area (Å²) >= 11 is 0. The molecule has 0 spiro atoms. The van der Waals surface area contributed by atoms with Crippen LogP contribution in [0.1, 0.15) is 24.3 Å². The zero-order valence-electron chi connectivity index (χ0n) is 13.1. The lowest BCUT2D eigenvalue weighted by Crippen LogP contribution is -2.37. The fourth-order valence-corrected chi connectivity index (χ4v) is 2.67. The predicted molar refractivity (Wildman–Crippen MR) is 82.7 cm³/mol. The Morgan fingerprint density at radius 2 is 2.36 bits per heavy atom. The molecule has 0 aromatic carbocycles. The second kappa shape index (κ2) is 6.89. The number of aromatic nitrogens is 3. The van der Waals surface area contributed by atoms with Gasteiger partial charge in [-0.1, -0.05) is 0 Å². The molecule has 0 aliphatic carbocycles. The van der Waals surface area contributed by atoms with E-state index in [4.69, 9.17) is 9.47 Å². The van der Waals surface area contributed by atoms with Crippen LogP contribution in [0, 0.1) is 0 Å². The minimum atomic E-state index is 0.0830. The molecule has 0 radical (unpaired) electrons. The summed E-state index contributed by atoms with van der Waals surface area (Å²) in [4.78, 5) is 6.78. The van der Waals surface area contributed by atoms with E-state index in [0.29, 0.717) is 0 Å². The highest BCUT2D eigenvalue weighted by Crippen LogP contribution is 2.23.